The van der Waals surface area contributed by atoms with Gasteiger partial charge in [0.05, 0.1) is 0 Å². The number of ether oxygens (including phenoxy) is 1. The van der Waals surface area contributed by atoms with E-state index < -0.39 is 6.61 Å². The Morgan fingerprint density at radius 3 is 2.19 bits per heavy atom. The number of carbonyl (C=O) groups is 2. The van der Waals surface area contributed by atoms with Crippen LogP contribution in [-0.2, 0) is 4.79 Å². The summed E-state index contributed by atoms with van der Waals surface area (Å²) in [6, 6.07) is 5.36. The van der Waals surface area contributed by atoms with E-state index in [4.69, 9.17) is 0 Å². The maximum absolute atomic E-state index is 12.0. The van der Waals surface area contributed by atoms with Crippen LogP contribution in [0.1, 0.15) is 24.2 Å². The zero-order valence-electron chi connectivity index (χ0n) is 11.9. The molecular formula is C14H18F2N2O3. The lowest BCUT2D eigenvalue weighted by atomic mass is 10.2. The topological polar surface area (TPSA) is 67.4 Å². The molecule has 0 aliphatic rings. The molecule has 0 unspecified atom stereocenters. The highest BCUT2D eigenvalue weighted by Gasteiger charge is 2.08. The minimum atomic E-state index is -2.89. The average Bonchev–Trinajstić information content (AvgIpc) is 2.43. The first-order valence-electron chi connectivity index (χ1n) is 6.51. The molecule has 1 aromatic carbocycles. The fourth-order valence-electron chi connectivity index (χ4n) is 1.46. The summed E-state index contributed by atoms with van der Waals surface area (Å²) in [5, 5.41) is 5.27. The average molecular weight is 300 g/mol. The summed E-state index contributed by atoms with van der Waals surface area (Å²) in [6.45, 7) is 1.27. The van der Waals surface area contributed by atoms with Gasteiger partial charge in [-0.15, -0.1) is 0 Å². The van der Waals surface area contributed by atoms with Crippen LogP contribution in [0.5, 0.6) is 5.75 Å². The number of halogens is 2. The van der Waals surface area contributed by atoms with Gasteiger partial charge in [0, 0.05) is 24.6 Å². The van der Waals surface area contributed by atoms with Crippen LogP contribution in [-0.4, -0.2) is 31.5 Å². The summed E-state index contributed by atoms with van der Waals surface area (Å²) in [5.74, 6) is -0.552. The third-order valence-electron chi connectivity index (χ3n) is 2.58. The molecule has 2 amide bonds. The van der Waals surface area contributed by atoms with E-state index in [1.165, 1.54) is 24.3 Å². The molecule has 0 heterocycles. The van der Waals surface area contributed by atoms with Crippen molar-refractivity contribution in [3.05, 3.63) is 29.8 Å². The second-order valence-corrected chi connectivity index (χ2v) is 4.60. The normalized spacial score (nSPS) is 10.6. The Balaban J connectivity index is 2.37. The molecule has 0 spiro atoms. The van der Waals surface area contributed by atoms with Gasteiger partial charge in [-0.05, 0) is 24.3 Å². The van der Waals surface area contributed by atoms with Gasteiger partial charge in [-0.3, -0.25) is 9.59 Å². The summed E-state index contributed by atoms with van der Waals surface area (Å²) in [4.78, 5) is 23.0. The van der Waals surface area contributed by atoms with Crippen molar-refractivity contribution in [2.75, 3.05) is 13.1 Å². The first-order chi connectivity index (χ1) is 9.90. The van der Waals surface area contributed by atoms with Gasteiger partial charge in [0.25, 0.3) is 5.91 Å². The Labute approximate surface area is 121 Å². The molecule has 5 nitrogen and oxygen atoms in total. The molecule has 0 aromatic heterocycles. The van der Waals surface area contributed by atoms with E-state index in [0.717, 1.165) is 0 Å². The van der Waals surface area contributed by atoms with Crippen molar-refractivity contribution >= 4 is 11.8 Å². The van der Waals surface area contributed by atoms with Crippen molar-refractivity contribution in [3.8, 4) is 5.75 Å². The number of nitrogens with one attached hydrogen (secondary N) is 2. The van der Waals surface area contributed by atoms with Crippen molar-refractivity contribution in [1.82, 2.24) is 10.6 Å². The molecular weight excluding hydrogens is 282 g/mol. The van der Waals surface area contributed by atoms with Crippen LogP contribution >= 0.6 is 0 Å². The molecule has 7 heteroatoms. The lowest BCUT2D eigenvalue weighted by Gasteiger charge is -2.09. The number of benzene rings is 1. The second kappa shape index (κ2) is 8.18. The monoisotopic (exact) mass is 300 g/mol. The molecule has 0 aliphatic carbocycles. The predicted molar refractivity (Wildman–Crippen MR) is 73.3 cm³/mol. The maximum atomic E-state index is 12.0. The third-order valence-corrected chi connectivity index (χ3v) is 2.58. The fraction of sp³-hybridized carbons (Fsp3) is 0.429. The molecule has 21 heavy (non-hydrogen) atoms. The summed E-state index contributed by atoms with van der Waals surface area (Å²) in [6.07, 6.45) is 0. The molecule has 0 radical (unpaired) electrons. The zero-order valence-corrected chi connectivity index (χ0v) is 11.9. The standard InChI is InChI=1S/C14H18F2N2O3/c1-9(2)12(19)17-7-8-18-13(20)10-3-5-11(6-4-10)21-14(15)16/h3-6,9,14H,7-8H2,1-2H3,(H,17,19)(H,18,20). The number of hydrogen-bond acceptors (Lipinski definition) is 3. The number of carbonyl (C=O) groups excluding carboxylic acids is 2. The fourth-order valence-corrected chi connectivity index (χ4v) is 1.46. The van der Waals surface area contributed by atoms with Crippen molar-refractivity contribution in [3.63, 3.8) is 0 Å². The van der Waals surface area contributed by atoms with Crippen LogP contribution in [0.25, 0.3) is 0 Å². The molecule has 116 valence electrons. The van der Waals surface area contributed by atoms with Crippen LogP contribution < -0.4 is 15.4 Å². The first-order valence-corrected chi connectivity index (χ1v) is 6.51. The lowest BCUT2D eigenvalue weighted by Crippen LogP contribution is -2.36. The Bertz CT molecular complexity index is 476. The number of alkyl halides is 2. The van der Waals surface area contributed by atoms with Crippen molar-refractivity contribution in [2.45, 2.75) is 20.5 Å². The van der Waals surface area contributed by atoms with Gasteiger partial charge in [0.2, 0.25) is 5.91 Å². The lowest BCUT2D eigenvalue weighted by molar-refractivity contribution is -0.123. The quantitative estimate of drug-likeness (QED) is 0.754. The molecule has 0 atom stereocenters. The second-order valence-electron chi connectivity index (χ2n) is 4.60. The minimum absolute atomic E-state index is 0.00857. The Kier molecular flexibility index (Phi) is 6.58. The van der Waals surface area contributed by atoms with Crippen LogP contribution in [0.15, 0.2) is 24.3 Å². The molecule has 1 rings (SSSR count). The molecule has 0 bridgehead atoms. The molecule has 0 fully saturated rings. The van der Waals surface area contributed by atoms with E-state index in [0.29, 0.717) is 12.1 Å². The Morgan fingerprint density at radius 2 is 1.67 bits per heavy atom. The molecule has 2 N–H and O–H groups in total. The highest BCUT2D eigenvalue weighted by molar-refractivity contribution is 5.94. The van der Waals surface area contributed by atoms with Gasteiger partial charge in [0.15, 0.2) is 0 Å². The first kappa shape index (κ1) is 16.9. The molecule has 0 saturated heterocycles. The van der Waals surface area contributed by atoms with E-state index in [-0.39, 0.29) is 30.0 Å². The summed E-state index contributed by atoms with van der Waals surface area (Å²) < 4.78 is 28.1. The van der Waals surface area contributed by atoms with Gasteiger partial charge < -0.3 is 15.4 Å². The van der Waals surface area contributed by atoms with E-state index in [9.17, 15) is 18.4 Å². The maximum Gasteiger partial charge on any atom is 0.387 e. The van der Waals surface area contributed by atoms with Crippen LogP contribution in [0.2, 0.25) is 0 Å². The Hall–Kier alpha value is -2.18. The van der Waals surface area contributed by atoms with Crippen molar-refractivity contribution in [2.24, 2.45) is 5.92 Å². The zero-order chi connectivity index (χ0) is 15.8. The van der Waals surface area contributed by atoms with Crippen LogP contribution in [0, 0.1) is 5.92 Å². The van der Waals surface area contributed by atoms with Crippen LogP contribution in [0.3, 0.4) is 0 Å². The number of amides is 2. The third kappa shape index (κ3) is 6.20. The predicted octanol–water partition coefficient (Wildman–Crippen LogP) is 1.79. The highest BCUT2D eigenvalue weighted by Crippen LogP contribution is 2.14. The van der Waals surface area contributed by atoms with Crippen LogP contribution in [0.4, 0.5) is 8.78 Å². The van der Waals surface area contributed by atoms with E-state index >= 15 is 0 Å². The van der Waals surface area contributed by atoms with Gasteiger partial charge in [-0.25, -0.2) is 0 Å². The summed E-state index contributed by atoms with van der Waals surface area (Å²) in [5.41, 5.74) is 0.326. The summed E-state index contributed by atoms with van der Waals surface area (Å²) in [7, 11) is 0. The smallest absolute Gasteiger partial charge is 0.387 e. The number of rotatable bonds is 7. The minimum Gasteiger partial charge on any atom is -0.435 e. The summed E-state index contributed by atoms with van der Waals surface area (Å²) >= 11 is 0. The molecule has 0 aliphatic heterocycles. The van der Waals surface area contributed by atoms with E-state index in [2.05, 4.69) is 15.4 Å². The van der Waals surface area contributed by atoms with Gasteiger partial charge in [-0.1, -0.05) is 13.8 Å². The Morgan fingerprint density at radius 1 is 1.10 bits per heavy atom. The highest BCUT2D eigenvalue weighted by atomic mass is 19.3. The molecule has 1 aromatic rings. The van der Waals surface area contributed by atoms with E-state index in [1.54, 1.807) is 13.8 Å². The van der Waals surface area contributed by atoms with Crippen molar-refractivity contribution < 1.29 is 23.1 Å². The number of hydrogen-bond donors (Lipinski definition) is 2. The van der Waals surface area contributed by atoms with Crippen molar-refractivity contribution in [1.29, 1.82) is 0 Å². The molecule has 0 saturated carbocycles. The SMILES string of the molecule is CC(C)C(=O)NCCNC(=O)c1ccc(OC(F)F)cc1. The largest absolute Gasteiger partial charge is 0.435 e. The van der Waals surface area contributed by atoms with Gasteiger partial charge in [-0.2, -0.15) is 8.78 Å². The van der Waals surface area contributed by atoms with E-state index in [1.807, 2.05) is 0 Å². The van der Waals surface area contributed by atoms with Gasteiger partial charge >= 0.3 is 6.61 Å². The van der Waals surface area contributed by atoms with Gasteiger partial charge in [0.1, 0.15) is 5.75 Å².